The maximum Gasteiger partial charge on any atom is 0.259 e. The molecule has 5 rings (SSSR count). The van der Waals surface area contributed by atoms with E-state index in [1.54, 1.807) is 35.0 Å². The van der Waals surface area contributed by atoms with Crippen LogP contribution in [0.1, 0.15) is 34.9 Å². The molecule has 3 heterocycles. The summed E-state index contributed by atoms with van der Waals surface area (Å²) in [7, 11) is 1.60. The molecular formula is C21H22N6O3S2. The Hall–Kier alpha value is -3.05. The maximum atomic E-state index is 12.7. The molecule has 0 bridgehead atoms. The molecule has 11 heteroatoms. The van der Waals surface area contributed by atoms with Gasteiger partial charge in [-0.2, -0.15) is 0 Å². The molecule has 0 aliphatic heterocycles. The number of rotatable bonds is 7. The van der Waals surface area contributed by atoms with E-state index in [4.69, 9.17) is 20.3 Å². The lowest BCUT2D eigenvalue weighted by molar-refractivity contribution is 0.289. The number of nitrogens with two attached hydrogens (primary N) is 1. The van der Waals surface area contributed by atoms with Crippen molar-refractivity contribution in [3.05, 3.63) is 62.8 Å². The van der Waals surface area contributed by atoms with Gasteiger partial charge in [-0.1, -0.05) is 17.8 Å². The minimum atomic E-state index is -0.0217. The lowest BCUT2D eigenvalue weighted by atomic mass is 10.0. The normalized spacial score (nSPS) is 13.3. The van der Waals surface area contributed by atoms with Gasteiger partial charge in [-0.05, 0) is 37.8 Å². The number of thioether (sulfide) groups is 1. The summed E-state index contributed by atoms with van der Waals surface area (Å²) in [5, 5.41) is 8.81. The molecule has 0 saturated heterocycles. The monoisotopic (exact) mass is 470 g/mol. The first-order valence-electron chi connectivity index (χ1n) is 10.2. The van der Waals surface area contributed by atoms with Gasteiger partial charge in [0.25, 0.3) is 5.56 Å². The van der Waals surface area contributed by atoms with Crippen molar-refractivity contribution >= 4 is 28.1 Å². The minimum absolute atomic E-state index is 0.0217. The highest BCUT2D eigenvalue weighted by Crippen LogP contribution is 2.29. The van der Waals surface area contributed by atoms with Crippen LogP contribution in [0.2, 0.25) is 0 Å². The van der Waals surface area contributed by atoms with Gasteiger partial charge in [-0.25, -0.2) is 9.66 Å². The number of aryl methyl sites for hydroxylation is 2. The van der Waals surface area contributed by atoms with Crippen molar-refractivity contribution < 1.29 is 9.47 Å². The third-order valence-corrected chi connectivity index (χ3v) is 7.43. The summed E-state index contributed by atoms with van der Waals surface area (Å²) in [6.45, 7) is 0.170. The molecule has 1 aromatic carbocycles. The Morgan fingerprint density at radius 1 is 1.19 bits per heavy atom. The average molecular weight is 471 g/mol. The van der Waals surface area contributed by atoms with Crippen molar-refractivity contribution in [2.24, 2.45) is 0 Å². The minimum Gasteiger partial charge on any atom is -0.497 e. The lowest BCUT2D eigenvalue weighted by Crippen LogP contribution is -2.18. The highest BCUT2D eigenvalue weighted by atomic mass is 32.2. The molecule has 0 spiro atoms. The Balaban J connectivity index is 1.27. The number of nitrogens with zero attached hydrogens (tertiary/aromatic N) is 5. The Morgan fingerprint density at radius 3 is 2.91 bits per heavy atom. The fourth-order valence-corrected chi connectivity index (χ4v) is 5.70. The standard InChI is InChI=1S/C21H22N6O3S2/c1-29-14-5-4-6-15(10-14)30-11-18-24-25-21(27(18)22)31-12-13-9-19(28)26-16-7-2-3-8-17(16)32-20(26)23-13/h4-6,9-10H,2-3,7-8,11-12,22H2,1H3. The second-order valence-electron chi connectivity index (χ2n) is 7.41. The number of nitrogen functional groups attached to an aromatic ring is 1. The number of hydrogen-bond acceptors (Lipinski definition) is 9. The summed E-state index contributed by atoms with van der Waals surface area (Å²) in [6, 6.07) is 8.91. The van der Waals surface area contributed by atoms with Crippen molar-refractivity contribution in [1.29, 1.82) is 0 Å². The van der Waals surface area contributed by atoms with Crippen molar-refractivity contribution in [3.8, 4) is 11.5 Å². The van der Waals surface area contributed by atoms with Crippen LogP contribution in [0.15, 0.2) is 40.3 Å². The average Bonchev–Trinajstić information content (AvgIpc) is 3.36. The van der Waals surface area contributed by atoms with Crippen LogP contribution in [0, 0.1) is 0 Å². The van der Waals surface area contributed by atoms with Crippen LogP contribution in [0.25, 0.3) is 4.96 Å². The molecule has 0 unspecified atom stereocenters. The van der Waals surface area contributed by atoms with Crippen LogP contribution in [-0.2, 0) is 25.2 Å². The van der Waals surface area contributed by atoms with Gasteiger partial charge in [0, 0.05) is 28.5 Å². The van der Waals surface area contributed by atoms with Crippen molar-refractivity contribution in [2.75, 3.05) is 13.0 Å². The van der Waals surface area contributed by atoms with Gasteiger partial charge in [-0.3, -0.25) is 9.20 Å². The van der Waals surface area contributed by atoms with Crippen molar-refractivity contribution in [3.63, 3.8) is 0 Å². The van der Waals surface area contributed by atoms with Gasteiger partial charge in [0.15, 0.2) is 10.8 Å². The zero-order chi connectivity index (χ0) is 22.1. The van der Waals surface area contributed by atoms with Gasteiger partial charge in [0.1, 0.15) is 18.1 Å². The lowest BCUT2D eigenvalue weighted by Gasteiger charge is -2.10. The topological polar surface area (TPSA) is 110 Å². The van der Waals surface area contributed by atoms with Crippen LogP contribution in [0.5, 0.6) is 11.5 Å². The number of fused-ring (bicyclic) bond motifs is 3. The zero-order valence-electron chi connectivity index (χ0n) is 17.5. The number of aromatic nitrogens is 5. The largest absolute Gasteiger partial charge is 0.497 e. The summed E-state index contributed by atoms with van der Waals surface area (Å²) in [4.78, 5) is 19.5. The predicted molar refractivity (Wildman–Crippen MR) is 123 cm³/mol. The summed E-state index contributed by atoms with van der Waals surface area (Å²) in [5.74, 6) is 8.48. The molecule has 1 aliphatic carbocycles. The van der Waals surface area contributed by atoms with Crippen LogP contribution in [-0.4, -0.2) is 31.4 Å². The van der Waals surface area contributed by atoms with E-state index in [0.717, 1.165) is 29.9 Å². The predicted octanol–water partition coefficient (Wildman–Crippen LogP) is 2.82. The number of thiazole rings is 1. The van der Waals surface area contributed by atoms with E-state index < -0.39 is 0 Å². The van der Waals surface area contributed by atoms with E-state index in [0.29, 0.717) is 33.9 Å². The Morgan fingerprint density at radius 2 is 2.03 bits per heavy atom. The SMILES string of the molecule is COc1cccc(OCc2nnc(SCc3cc(=O)n4c5c(sc4n3)CCCC5)n2N)c1. The smallest absolute Gasteiger partial charge is 0.259 e. The van der Waals surface area contributed by atoms with Gasteiger partial charge < -0.3 is 15.3 Å². The Labute approximate surface area is 192 Å². The van der Waals surface area contributed by atoms with E-state index in [1.807, 2.05) is 18.2 Å². The summed E-state index contributed by atoms with van der Waals surface area (Å²) < 4.78 is 14.1. The molecule has 0 saturated carbocycles. The first-order valence-corrected chi connectivity index (χ1v) is 12.0. The summed E-state index contributed by atoms with van der Waals surface area (Å²) in [5.41, 5.74) is 1.82. The molecule has 0 amide bonds. The molecule has 0 radical (unpaired) electrons. The van der Waals surface area contributed by atoms with Crippen molar-refractivity contribution in [1.82, 2.24) is 24.3 Å². The van der Waals surface area contributed by atoms with Crippen LogP contribution < -0.4 is 20.9 Å². The Kier molecular flexibility index (Phi) is 5.75. The second-order valence-corrected chi connectivity index (χ2v) is 9.41. The number of benzene rings is 1. The van der Waals surface area contributed by atoms with E-state index in [9.17, 15) is 4.79 Å². The fraction of sp³-hybridized carbons (Fsp3) is 0.333. The molecule has 2 N–H and O–H groups in total. The van der Waals surface area contributed by atoms with E-state index in [1.165, 1.54) is 27.7 Å². The molecule has 0 fully saturated rings. The molecule has 0 atom stereocenters. The van der Waals surface area contributed by atoms with Gasteiger partial charge in [0.2, 0.25) is 5.16 Å². The van der Waals surface area contributed by atoms with Crippen LogP contribution >= 0.6 is 23.1 Å². The highest BCUT2D eigenvalue weighted by Gasteiger charge is 2.19. The van der Waals surface area contributed by atoms with Gasteiger partial charge in [0.05, 0.1) is 12.8 Å². The third-order valence-electron chi connectivity index (χ3n) is 5.31. The van der Waals surface area contributed by atoms with Gasteiger partial charge in [-0.15, -0.1) is 21.5 Å². The van der Waals surface area contributed by atoms with E-state index >= 15 is 0 Å². The molecule has 3 aromatic heterocycles. The first kappa shape index (κ1) is 20.8. The molecule has 4 aromatic rings. The number of ether oxygens (including phenoxy) is 2. The third kappa shape index (κ3) is 4.05. The molecule has 9 nitrogen and oxygen atoms in total. The quantitative estimate of drug-likeness (QED) is 0.324. The number of hydrogen-bond donors (Lipinski definition) is 1. The van der Waals surface area contributed by atoms with Gasteiger partial charge >= 0.3 is 0 Å². The molecule has 166 valence electrons. The Bertz CT molecular complexity index is 1330. The van der Waals surface area contributed by atoms with E-state index in [-0.39, 0.29) is 12.2 Å². The molecular weight excluding hydrogens is 448 g/mol. The summed E-state index contributed by atoms with van der Waals surface area (Å²) in [6.07, 6.45) is 4.28. The molecule has 1 aliphatic rings. The van der Waals surface area contributed by atoms with Crippen LogP contribution in [0.4, 0.5) is 0 Å². The highest BCUT2D eigenvalue weighted by molar-refractivity contribution is 7.98. The van der Waals surface area contributed by atoms with E-state index in [2.05, 4.69) is 10.2 Å². The maximum absolute atomic E-state index is 12.7. The van der Waals surface area contributed by atoms with Crippen molar-refractivity contribution in [2.45, 2.75) is 43.2 Å². The summed E-state index contributed by atoms with van der Waals surface area (Å²) >= 11 is 3.01. The number of methoxy groups -OCH3 is 1. The fourth-order valence-electron chi connectivity index (χ4n) is 3.70. The van der Waals surface area contributed by atoms with Crippen LogP contribution in [0.3, 0.4) is 0 Å². The zero-order valence-corrected chi connectivity index (χ0v) is 19.1. The first-order chi connectivity index (χ1) is 15.6. The molecule has 32 heavy (non-hydrogen) atoms. The second kappa shape index (κ2) is 8.83.